The van der Waals surface area contributed by atoms with Crippen LogP contribution < -0.4 is 14.5 Å². The van der Waals surface area contributed by atoms with Crippen LogP contribution in [0.2, 0.25) is 0 Å². The average Bonchev–Trinajstić information content (AvgIpc) is 3.26. The molecule has 1 aliphatic rings. The van der Waals surface area contributed by atoms with Gasteiger partial charge in [-0.05, 0) is 77.7 Å². The molecule has 29 heavy (non-hydrogen) atoms. The van der Waals surface area contributed by atoms with Crippen molar-refractivity contribution in [3.8, 4) is 5.75 Å². The van der Waals surface area contributed by atoms with Gasteiger partial charge in [-0.3, -0.25) is 14.5 Å². The number of hydrogen-bond donors (Lipinski definition) is 0. The van der Waals surface area contributed by atoms with Gasteiger partial charge in [-0.2, -0.15) is 11.3 Å². The van der Waals surface area contributed by atoms with Gasteiger partial charge in [-0.1, -0.05) is 12.1 Å². The summed E-state index contributed by atoms with van der Waals surface area (Å²) < 4.78 is 5.23. The van der Waals surface area contributed by atoms with E-state index in [1.807, 2.05) is 61.0 Å². The highest BCUT2D eigenvalue weighted by molar-refractivity contribution is 7.08. The zero-order valence-corrected chi connectivity index (χ0v) is 17.4. The summed E-state index contributed by atoms with van der Waals surface area (Å²) in [6, 6.07) is 14.3. The van der Waals surface area contributed by atoms with Crippen LogP contribution in [0, 0.1) is 13.8 Å². The first-order chi connectivity index (χ1) is 14.0. The van der Waals surface area contributed by atoms with Crippen molar-refractivity contribution in [2.24, 2.45) is 0 Å². The molecule has 0 unspecified atom stereocenters. The van der Waals surface area contributed by atoms with Crippen LogP contribution in [0.15, 0.2) is 59.3 Å². The predicted molar refractivity (Wildman–Crippen MR) is 116 cm³/mol. The molecule has 148 valence electrons. The number of ether oxygens (including phenoxy) is 1. The van der Waals surface area contributed by atoms with Crippen molar-refractivity contribution in [1.82, 2.24) is 0 Å². The summed E-state index contributed by atoms with van der Waals surface area (Å²) in [6.07, 6.45) is 0. The van der Waals surface area contributed by atoms with E-state index in [0.29, 0.717) is 11.4 Å². The number of hydrogen-bond acceptors (Lipinski definition) is 4. The van der Waals surface area contributed by atoms with Gasteiger partial charge in [0.05, 0.1) is 7.11 Å². The minimum absolute atomic E-state index is 0.00972. The molecule has 0 bridgehead atoms. The zero-order valence-electron chi connectivity index (χ0n) is 16.6. The Balaban J connectivity index is 1.79. The second kappa shape index (κ2) is 7.72. The lowest BCUT2D eigenvalue weighted by Crippen LogP contribution is -2.56. The molecule has 0 aliphatic carbocycles. The molecular weight excluding hydrogens is 384 g/mol. The molecule has 5 nitrogen and oxygen atoms in total. The normalized spacial score (nSPS) is 17.0. The Kier molecular flexibility index (Phi) is 5.11. The third kappa shape index (κ3) is 3.40. The number of piperazine rings is 1. The third-order valence-electron chi connectivity index (χ3n) is 5.40. The molecule has 1 fully saturated rings. The van der Waals surface area contributed by atoms with E-state index in [4.69, 9.17) is 4.74 Å². The van der Waals surface area contributed by atoms with Crippen molar-refractivity contribution in [2.75, 3.05) is 23.5 Å². The Labute approximate surface area is 174 Å². The molecule has 2 aromatic carbocycles. The summed E-state index contributed by atoms with van der Waals surface area (Å²) in [7, 11) is 1.60. The molecule has 0 N–H and O–H groups in total. The highest BCUT2D eigenvalue weighted by Crippen LogP contribution is 2.37. The third-order valence-corrected chi connectivity index (χ3v) is 6.10. The summed E-state index contributed by atoms with van der Waals surface area (Å²) in [5.41, 5.74) is 4.39. The Morgan fingerprint density at radius 3 is 2.45 bits per heavy atom. The van der Waals surface area contributed by atoms with E-state index in [1.165, 1.54) is 11.3 Å². The molecule has 0 saturated carbocycles. The molecule has 0 spiro atoms. The molecule has 2 heterocycles. The number of amides is 2. The fraction of sp³-hybridized carbons (Fsp3) is 0.217. The molecule has 6 heteroatoms. The largest absolute Gasteiger partial charge is 0.497 e. The second-order valence-electron chi connectivity index (χ2n) is 7.06. The molecule has 1 aliphatic heterocycles. The number of nitrogens with zero attached hydrogens (tertiary/aromatic N) is 2. The van der Waals surface area contributed by atoms with Crippen LogP contribution in [0.5, 0.6) is 5.75 Å². The standard InChI is InChI=1S/C23H22N2O3S/c1-15-5-4-6-20(16(15)2)24-13-21(26)25(18-7-9-19(28-3)10-8-18)22(23(24)27)17-11-12-29-14-17/h4-12,14,22H,13H2,1-3H3/t22-/m0/s1. The van der Waals surface area contributed by atoms with Gasteiger partial charge in [0.1, 0.15) is 18.3 Å². The molecule has 4 rings (SSSR count). The Bertz CT molecular complexity index is 1040. The van der Waals surface area contributed by atoms with Gasteiger partial charge in [0, 0.05) is 11.4 Å². The maximum atomic E-state index is 13.7. The first-order valence-electron chi connectivity index (χ1n) is 9.37. The Morgan fingerprint density at radius 1 is 1.03 bits per heavy atom. The van der Waals surface area contributed by atoms with Crippen molar-refractivity contribution < 1.29 is 14.3 Å². The molecule has 1 aromatic heterocycles. The summed E-state index contributed by atoms with van der Waals surface area (Å²) >= 11 is 1.51. The monoisotopic (exact) mass is 406 g/mol. The summed E-state index contributed by atoms with van der Waals surface area (Å²) in [5, 5.41) is 3.86. The zero-order chi connectivity index (χ0) is 20.5. The van der Waals surface area contributed by atoms with Crippen molar-refractivity contribution in [3.05, 3.63) is 76.0 Å². The number of carbonyl (C=O) groups is 2. The highest BCUT2D eigenvalue weighted by Gasteiger charge is 2.42. The number of anilines is 2. The second-order valence-corrected chi connectivity index (χ2v) is 7.84. The van der Waals surface area contributed by atoms with E-state index in [1.54, 1.807) is 29.0 Å². The summed E-state index contributed by atoms with van der Waals surface area (Å²) in [4.78, 5) is 30.2. The van der Waals surface area contributed by atoms with Gasteiger partial charge in [-0.25, -0.2) is 0 Å². The molecule has 1 atom stereocenters. The topological polar surface area (TPSA) is 49.9 Å². The van der Waals surface area contributed by atoms with Gasteiger partial charge in [0.2, 0.25) is 5.91 Å². The number of benzene rings is 2. The molecule has 3 aromatic rings. The van der Waals surface area contributed by atoms with Crippen LogP contribution in [0.1, 0.15) is 22.7 Å². The fourth-order valence-electron chi connectivity index (χ4n) is 3.68. The van der Waals surface area contributed by atoms with Crippen LogP contribution in [-0.2, 0) is 9.59 Å². The van der Waals surface area contributed by atoms with Gasteiger partial charge in [0.15, 0.2) is 0 Å². The van der Waals surface area contributed by atoms with Crippen LogP contribution >= 0.6 is 11.3 Å². The number of carbonyl (C=O) groups excluding carboxylic acids is 2. The van der Waals surface area contributed by atoms with Crippen LogP contribution in [0.3, 0.4) is 0 Å². The van der Waals surface area contributed by atoms with E-state index in [0.717, 1.165) is 22.4 Å². The SMILES string of the molecule is COc1ccc(N2C(=O)CN(c3cccc(C)c3C)C(=O)[C@@H]2c2ccsc2)cc1. The van der Waals surface area contributed by atoms with Crippen molar-refractivity contribution >= 4 is 34.5 Å². The minimum atomic E-state index is -0.698. The first-order valence-corrected chi connectivity index (χ1v) is 10.3. The number of methoxy groups -OCH3 is 1. The van der Waals surface area contributed by atoms with Gasteiger partial charge in [-0.15, -0.1) is 0 Å². The molecule has 0 radical (unpaired) electrons. The molecule has 1 saturated heterocycles. The highest BCUT2D eigenvalue weighted by atomic mass is 32.1. The number of aryl methyl sites for hydroxylation is 1. The van der Waals surface area contributed by atoms with E-state index >= 15 is 0 Å². The van der Waals surface area contributed by atoms with Crippen LogP contribution in [-0.4, -0.2) is 25.5 Å². The lowest BCUT2D eigenvalue weighted by atomic mass is 10.00. The van der Waals surface area contributed by atoms with E-state index in [9.17, 15) is 9.59 Å². The number of thiophene rings is 1. The lowest BCUT2D eigenvalue weighted by molar-refractivity contribution is -0.128. The lowest BCUT2D eigenvalue weighted by Gasteiger charge is -2.40. The van der Waals surface area contributed by atoms with E-state index in [-0.39, 0.29) is 18.4 Å². The quantitative estimate of drug-likeness (QED) is 0.641. The van der Waals surface area contributed by atoms with E-state index < -0.39 is 6.04 Å². The van der Waals surface area contributed by atoms with Crippen LogP contribution in [0.4, 0.5) is 11.4 Å². The molecular formula is C23H22N2O3S. The van der Waals surface area contributed by atoms with Gasteiger partial charge in [0.25, 0.3) is 5.91 Å². The number of rotatable bonds is 4. The first kappa shape index (κ1) is 19.2. The predicted octanol–water partition coefficient (Wildman–Crippen LogP) is 4.49. The maximum absolute atomic E-state index is 13.7. The van der Waals surface area contributed by atoms with Crippen molar-refractivity contribution in [1.29, 1.82) is 0 Å². The van der Waals surface area contributed by atoms with E-state index in [2.05, 4.69) is 0 Å². The van der Waals surface area contributed by atoms with Crippen LogP contribution in [0.25, 0.3) is 0 Å². The molecule has 2 amide bonds. The smallest absolute Gasteiger partial charge is 0.255 e. The summed E-state index contributed by atoms with van der Waals surface area (Å²) in [5.74, 6) is 0.480. The van der Waals surface area contributed by atoms with Gasteiger partial charge < -0.3 is 9.64 Å². The van der Waals surface area contributed by atoms with Gasteiger partial charge >= 0.3 is 0 Å². The minimum Gasteiger partial charge on any atom is -0.497 e. The Morgan fingerprint density at radius 2 is 1.79 bits per heavy atom. The summed E-state index contributed by atoms with van der Waals surface area (Å²) in [6.45, 7) is 4.00. The van der Waals surface area contributed by atoms with Crippen molar-refractivity contribution in [3.63, 3.8) is 0 Å². The Hall–Kier alpha value is -3.12. The fourth-order valence-corrected chi connectivity index (χ4v) is 4.36. The average molecular weight is 407 g/mol. The maximum Gasteiger partial charge on any atom is 0.255 e. The van der Waals surface area contributed by atoms with Crippen molar-refractivity contribution in [2.45, 2.75) is 19.9 Å².